The minimum absolute atomic E-state index is 0.00418. The number of alkyl halides is 1. The van der Waals surface area contributed by atoms with Crippen molar-refractivity contribution in [1.29, 1.82) is 0 Å². The molecule has 1 atom stereocenters. The van der Waals surface area contributed by atoms with E-state index in [-0.39, 0.29) is 5.91 Å². The number of carbonyl (C=O) groups is 1. The van der Waals surface area contributed by atoms with E-state index in [1.165, 1.54) is 6.42 Å². The van der Waals surface area contributed by atoms with E-state index < -0.39 is 5.38 Å². The Balaban J connectivity index is 1.91. The number of hydrogen-bond acceptors (Lipinski definition) is 2. The highest BCUT2D eigenvalue weighted by atomic mass is 35.5. The minimum Gasteiger partial charge on any atom is -0.341 e. The number of benzene rings is 1. The van der Waals surface area contributed by atoms with E-state index in [1.807, 2.05) is 29.2 Å². The van der Waals surface area contributed by atoms with Crippen molar-refractivity contribution < 1.29 is 4.79 Å². The van der Waals surface area contributed by atoms with Gasteiger partial charge in [-0.25, -0.2) is 0 Å². The van der Waals surface area contributed by atoms with Crippen LogP contribution in [0.2, 0.25) is 0 Å². The first-order valence-corrected chi connectivity index (χ1v) is 7.46. The Labute approximate surface area is 123 Å². The quantitative estimate of drug-likeness (QED) is 0.792. The second-order valence-electron chi connectivity index (χ2n) is 5.20. The van der Waals surface area contributed by atoms with E-state index in [4.69, 9.17) is 11.6 Å². The van der Waals surface area contributed by atoms with Crippen LogP contribution in [0.15, 0.2) is 36.7 Å². The lowest BCUT2D eigenvalue weighted by atomic mass is 10.0. The Hall–Kier alpha value is -1.61. The van der Waals surface area contributed by atoms with Crippen molar-refractivity contribution in [2.24, 2.45) is 0 Å². The maximum Gasteiger partial charge on any atom is 0.245 e. The van der Waals surface area contributed by atoms with E-state index in [9.17, 15) is 4.79 Å². The fraction of sp³-hybridized carbons (Fsp3) is 0.375. The molecule has 1 unspecified atom stereocenters. The molecular formula is C16H17ClN2O. The molecule has 20 heavy (non-hydrogen) atoms. The first-order chi connectivity index (χ1) is 9.77. The van der Waals surface area contributed by atoms with Crippen molar-refractivity contribution in [2.75, 3.05) is 13.1 Å². The van der Waals surface area contributed by atoms with Gasteiger partial charge in [0.2, 0.25) is 5.91 Å². The lowest BCUT2D eigenvalue weighted by molar-refractivity contribution is -0.131. The molecule has 3 nitrogen and oxygen atoms in total. The van der Waals surface area contributed by atoms with Crippen LogP contribution in [0.25, 0.3) is 10.8 Å². The fourth-order valence-electron chi connectivity index (χ4n) is 2.75. The summed E-state index contributed by atoms with van der Waals surface area (Å²) in [5.41, 5.74) is 0.806. The first kappa shape index (κ1) is 13.4. The summed E-state index contributed by atoms with van der Waals surface area (Å²) in [6.45, 7) is 1.64. The molecule has 2 aromatic rings. The van der Waals surface area contributed by atoms with Gasteiger partial charge in [-0.1, -0.05) is 24.3 Å². The van der Waals surface area contributed by atoms with Crippen LogP contribution in [0.1, 0.15) is 30.2 Å². The molecule has 1 saturated heterocycles. The zero-order valence-electron chi connectivity index (χ0n) is 11.3. The second-order valence-corrected chi connectivity index (χ2v) is 5.63. The Morgan fingerprint density at radius 3 is 2.70 bits per heavy atom. The van der Waals surface area contributed by atoms with Gasteiger partial charge in [-0.05, 0) is 24.6 Å². The number of aromatic nitrogens is 1. The predicted octanol–water partition coefficient (Wildman–Crippen LogP) is 3.53. The van der Waals surface area contributed by atoms with Crippen molar-refractivity contribution in [3.05, 3.63) is 42.2 Å². The molecule has 0 bridgehead atoms. The van der Waals surface area contributed by atoms with Crippen LogP contribution in [0, 0.1) is 0 Å². The van der Waals surface area contributed by atoms with Crippen molar-refractivity contribution in [3.63, 3.8) is 0 Å². The molecule has 1 aromatic heterocycles. The summed E-state index contributed by atoms with van der Waals surface area (Å²) in [5, 5.41) is 1.38. The molecule has 0 spiro atoms. The van der Waals surface area contributed by atoms with Crippen LogP contribution in [-0.2, 0) is 4.79 Å². The van der Waals surface area contributed by atoms with Crippen LogP contribution in [0.5, 0.6) is 0 Å². The first-order valence-electron chi connectivity index (χ1n) is 7.03. The number of piperidine rings is 1. The number of hydrogen-bond donors (Lipinski definition) is 0. The smallest absolute Gasteiger partial charge is 0.245 e. The highest BCUT2D eigenvalue weighted by Gasteiger charge is 2.26. The minimum atomic E-state index is -0.647. The topological polar surface area (TPSA) is 33.2 Å². The Kier molecular flexibility index (Phi) is 3.88. The predicted molar refractivity (Wildman–Crippen MR) is 80.8 cm³/mol. The third kappa shape index (κ3) is 2.50. The number of amides is 1. The fourth-order valence-corrected chi connectivity index (χ4v) is 3.06. The third-order valence-corrected chi connectivity index (χ3v) is 4.28. The summed E-state index contributed by atoms with van der Waals surface area (Å²) in [7, 11) is 0. The van der Waals surface area contributed by atoms with Gasteiger partial charge >= 0.3 is 0 Å². The van der Waals surface area contributed by atoms with E-state index in [2.05, 4.69) is 4.98 Å². The number of halogens is 1. The van der Waals surface area contributed by atoms with Crippen LogP contribution in [0.4, 0.5) is 0 Å². The standard InChI is InChI=1S/C16H17ClN2O/c17-15(16(20)19-8-4-1-5-9-19)14-11-18-10-12-6-2-3-7-13(12)14/h2-3,6-7,10-11,15H,1,4-5,8-9H2. The normalized spacial score (nSPS) is 17.1. The van der Waals surface area contributed by atoms with Crippen molar-refractivity contribution in [1.82, 2.24) is 9.88 Å². The van der Waals surface area contributed by atoms with E-state index in [0.29, 0.717) is 0 Å². The average molecular weight is 289 g/mol. The number of likely N-dealkylation sites (tertiary alicyclic amines) is 1. The molecule has 2 heterocycles. The molecule has 1 fully saturated rings. The van der Waals surface area contributed by atoms with E-state index >= 15 is 0 Å². The highest BCUT2D eigenvalue weighted by Crippen LogP contribution is 2.30. The van der Waals surface area contributed by atoms with E-state index in [1.54, 1.807) is 12.4 Å². The van der Waals surface area contributed by atoms with Crippen LogP contribution in [0.3, 0.4) is 0 Å². The number of carbonyl (C=O) groups excluding carboxylic acids is 1. The molecule has 104 valence electrons. The number of nitrogens with zero attached hydrogens (tertiary/aromatic N) is 2. The molecule has 3 rings (SSSR count). The van der Waals surface area contributed by atoms with Gasteiger partial charge in [0.15, 0.2) is 0 Å². The van der Waals surface area contributed by atoms with Gasteiger partial charge in [-0.2, -0.15) is 0 Å². The molecule has 1 aliphatic heterocycles. The Bertz CT molecular complexity index is 617. The number of fused-ring (bicyclic) bond motifs is 1. The van der Waals surface area contributed by atoms with Crippen LogP contribution in [-0.4, -0.2) is 28.9 Å². The van der Waals surface area contributed by atoms with Crippen molar-refractivity contribution >= 4 is 28.3 Å². The zero-order valence-corrected chi connectivity index (χ0v) is 12.0. The average Bonchev–Trinajstić information content (AvgIpc) is 2.54. The molecule has 4 heteroatoms. The summed E-state index contributed by atoms with van der Waals surface area (Å²) in [5.74, 6) is 0.00418. The number of pyridine rings is 1. The lowest BCUT2D eigenvalue weighted by Crippen LogP contribution is -2.37. The van der Waals surface area contributed by atoms with Crippen molar-refractivity contribution in [2.45, 2.75) is 24.6 Å². The molecule has 0 N–H and O–H groups in total. The highest BCUT2D eigenvalue weighted by molar-refractivity contribution is 6.31. The second kappa shape index (κ2) is 5.80. The molecule has 0 aliphatic carbocycles. The summed E-state index contributed by atoms with van der Waals surface area (Å²) in [4.78, 5) is 18.6. The summed E-state index contributed by atoms with van der Waals surface area (Å²) < 4.78 is 0. The third-order valence-electron chi connectivity index (χ3n) is 3.86. The molecule has 0 saturated carbocycles. The molecule has 1 amide bonds. The monoisotopic (exact) mass is 288 g/mol. The van der Waals surface area contributed by atoms with Gasteiger partial charge in [-0.15, -0.1) is 11.6 Å². The SMILES string of the molecule is O=C(C(Cl)c1cncc2ccccc12)N1CCCCC1. The van der Waals surface area contributed by atoms with Crippen LogP contribution < -0.4 is 0 Å². The van der Waals surface area contributed by atoms with Gasteiger partial charge in [0.1, 0.15) is 5.38 Å². The molecular weight excluding hydrogens is 272 g/mol. The summed E-state index contributed by atoms with van der Waals surface area (Å²) in [6.07, 6.45) is 6.86. The number of rotatable bonds is 2. The maximum atomic E-state index is 12.5. The van der Waals surface area contributed by atoms with Crippen LogP contribution >= 0.6 is 11.6 Å². The van der Waals surface area contributed by atoms with Gasteiger partial charge in [0, 0.05) is 36.4 Å². The van der Waals surface area contributed by atoms with Crippen molar-refractivity contribution in [3.8, 4) is 0 Å². The Morgan fingerprint density at radius 2 is 1.90 bits per heavy atom. The van der Waals surface area contributed by atoms with Gasteiger partial charge < -0.3 is 4.90 Å². The zero-order chi connectivity index (χ0) is 13.9. The summed E-state index contributed by atoms with van der Waals surface area (Å²) >= 11 is 6.44. The van der Waals surface area contributed by atoms with E-state index in [0.717, 1.165) is 42.3 Å². The summed E-state index contributed by atoms with van der Waals surface area (Å²) in [6, 6.07) is 7.90. The lowest BCUT2D eigenvalue weighted by Gasteiger charge is -2.28. The molecule has 0 radical (unpaired) electrons. The molecule has 1 aromatic carbocycles. The Morgan fingerprint density at radius 1 is 1.15 bits per heavy atom. The maximum absolute atomic E-state index is 12.5. The van der Waals surface area contributed by atoms with Gasteiger partial charge in [0.05, 0.1) is 0 Å². The molecule has 1 aliphatic rings. The van der Waals surface area contributed by atoms with Gasteiger partial charge in [-0.3, -0.25) is 9.78 Å². The largest absolute Gasteiger partial charge is 0.341 e. The van der Waals surface area contributed by atoms with Gasteiger partial charge in [0.25, 0.3) is 0 Å².